The van der Waals surface area contributed by atoms with Gasteiger partial charge in [0.25, 0.3) is 0 Å². The Morgan fingerprint density at radius 3 is 2.82 bits per heavy atom. The standard InChI is InChI=1S/C12H12Cl2N2O/c1-3-9(4-2)15-12(17)16-11-7-8(13)5-6-10(11)14/h1,5-7,9H,4H2,2H3,(H2,15,16,17). The van der Waals surface area contributed by atoms with Crippen molar-refractivity contribution in [1.82, 2.24) is 5.32 Å². The van der Waals surface area contributed by atoms with Gasteiger partial charge in [0.1, 0.15) is 0 Å². The van der Waals surface area contributed by atoms with E-state index in [4.69, 9.17) is 29.6 Å². The van der Waals surface area contributed by atoms with Gasteiger partial charge < -0.3 is 10.6 Å². The van der Waals surface area contributed by atoms with Crippen LogP contribution in [0.15, 0.2) is 18.2 Å². The molecule has 2 amide bonds. The molecule has 5 heteroatoms. The first-order valence-corrected chi connectivity index (χ1v) is 5.81. The van der Waals surface area contributed by atoms with Crippen molar-refractivity contribution in [2.75, 3.05) is 5.32 Å². The molecule has 90 valence electrons. The molecular formula is C12H12Cl2N2O. The molecule has 0 fully saturated rings. The number of urea groups is 1. The van der Waals surface area contributed by atoms with Gasteiger partial charge in [0.15, 0.2) is 0 Å². The molecule has 3 nitrogen and oxygen atoms in total. The van der Waals surface area contributed by atoms with Crippen LogP contribution in [0.3, 0.4) is 0 Å². The Morgan fingerprint density at radius 1 is 1.53 bits per heavy atom. The van der Waals surface area contributed by atoms with Crippen molar-refractivity contribution in [3.8, 4) is 12.3 Å². The highest BCUT2D eigenvalue weighted by atomic mass is 35.5. The molecule has 0 saturated carbocycles. The molecule has 0 aromatic heterocycles. The van der Waals surface area contributed by atoms with Crippen molar-refractivity contribution < 1.29 is 4.79 Å². The molecule has 1 aromatic rings. The van der Waals surface area contributed by atoms with Crippen molar-refractivity contribution in [1.29, 1.82) is 0 Å². The van der Waals surface area contributed by atoms with E-state index in [-0.39, 0.29) is 6.04 Å². The number of benzene rings is 1. The van der Waals surface area contributed by atoms with Crippen LogP contribution in [0.4, 0.5) is 10.5 Å². The Morgan fingerprint density at radius 2 is 2.24 bits per heavy atom. The molecule has 2 N–H and O–H groups in total. The highest BCUT2D eigenvalue weighted by Gasteiger charge is 2.09. The van der Waals surface area contributed by atoms with E-state index in [0.717, 1.165) is 0 Å². The maximum atomic E-state index is 11.6. The lowest BCUT2D eigenvalue weighted by Gasteiger charge is -2.12. The van der Waals surface area contributed by atoms with Crippen LogP contribution in [0, 0.1) is 12.3 Å². The third-order valence-electron chi connectivity index (χ3n) is 2.09. The van der Waals surface area contributed by atoms with Crippen LogP contribution in [0.5, 0.6) is 0 Å². The van der Waals surface area contributed by atoms with E-state index in [1.54, 1.807) is 18.2 Å². The number of rotatable bonds is 3. The molecular weight excluding hydrogens is 259 g/mol. The van der Waals surface area contributed by atoms with Crippen molar-refractivity contribution in [3.63, 3.8) is 0 Å². The lowest BCUT2D eigenvalue weighted by atomic mass is 10.2. The second-order valence-electron chi connectivity index (χ2n) is 3.35. The Labute approximate surface area is 110 Å². The Hall–Kier alpha value is -1.37. The van der Waals surface area contributed by atoms with Crippen molar-refractivity contribution in [2.24, 2.45) is 0 Å². The summed E-state index contributed by atoms with van der Waals surface area (Å²) < 4.78 is 0. The summed E-state index contributed by atoms with van der Waals surface area (Å²) in [5.74, 6) is 2.46. The van der Waals surface area contributed by atoms with E-state index in [9.17, 15) is 4.79 Å². The van der Waals surface area contributed by atoms with Crippen LogP contribution >= 0.6 is 23.2 Å². The lowest BCUT2D eigenvalue weighted by Crippen LogP contribution is -2.36. The summed E-state index contributed by atoms with van der Waals surface area (Å²) in [7, 11) is 0. The third kappa shape index (κ3) is 4.18. The molecule has 0 saturated heterocycles. The SMILES string of the molecule is C#CC(CC)NC(=O)Nc1cc(Cl)ccc1Cl. The molecule has 0 aliphatic heterocycles. The minimum Gasteiger partial charge on any atom is -0.324 e. The first-order valence-electron chi connectivity index (χ1n) is 5.05. The average Bonchev–Trinajstić information content (AvgIpc) is 2.31. The topological polar surface area (TPSA) is 41.1 Å². The maximum Gasteiger partial charge on any atom is 0.320 e. The zero-order valence-corrected chi connectivity index (χ0v) is 10.8. The zero-order chi connectivity index (χ0) is 12.8. The lowest BCUT2D eigenvalue weighted by molar-refractivity contribution is 0.250. The van der Waals surface area contributed by atoms with Gasteiger partial charge in [0, 0.05) is 5.02 Å². The van der Waals surface area contributed by atoms with Crippen molar-refractivity contribution in [2.45, 2.75) is 19.4 Å². The number of nitrogens with one attached hydrogen (secondary N) is 2. The van der Waals surface area contributed by atoms with Gasteiger partial charge in [-0.1, -0.05) is 36.0 Å². The highest BCUT2D eigenvalue weighted by Crippen LogP contribution is 2.25. The number of amides is 2. The predicted octanol–water partition coefficient (Wildman–Crippen LogP) is 3.53. The summed E-state index contributed by atoms with van der Waals surface area (Å²) in [5.41, 5.74) is 0.448. The molecule has 1 unspecified atom stereocenters. The molecule has 0 heterocycles. The van der Waals surface area contributed by atoms with Gasteiger partial charge in [-0.2, -0.15) is 0 Å². The minimum atomic E-state index is -0.404. The van der Waals surface area contributed by atoms with E-state index in [1.807, 2.05) is 6.92 Å². The highest BCUT2D eigenvalue weighted by molar-refractivity contribution is 6.35. The minimum absolute atomic E-state index is 0.298. The summed E-state index contributed by atoms with van der Waals surface area (Å²) in [6, 6.07) is 4.12. The quantitative estimate of drug-likeness (QED) is 0.811. The summed E-state index contributed by atoms with van der Waals surface area (Å²) in [6.45, 7) is 1.89. The Balaban J connectivity index is 2.68. The largest absolute Gasteiger partial charge is 0.324 e. The molecule has 0 aliphatic carbocycles. The molecule has 0 spiro atoms. The van der Waals surface area contributed by atoms with E-state index in [2.05, 4.69) is 16.6 Å². The van der Waals surface area contributed by atoms with Crippen LogP contribution in [-0.4, -0.2) is 12.1 Å². The first-order chi connectivity index (χ1) is 8.06. The van der Waals surface area contributed by atoms with Crippen LogP contribution in [-0.2, 0) is 0 Å². The number of carbonyl (C=O) groups is 1. The van der Waals surface area contributed by atoms with Gasteiger partial charge in [0.2, 0.25) is 0 Å². The maximum absolute atomic E-state index is 11.6. The normalized spacial score (nSPS) is 11.4. The zero-order valence-electron chi connectivity index (χ0n) is 9.26. The monoisotopic (exact) mass is 270 g/mol. The van der Waals surface area contributed by atoms with Gasteiger partial charge in [-0.25, -0.2) is 4.79 Å². The second kappa shape index (κ2) is 6.39. The fourth-order valence-corrected chi connectivity index (χ4v) is 1.51. The fourth-order valence-electron chi connectivity index (χ4n) is 1.17. The summed E-state index contributed by atoms with van der Waals surface area (Å²) in [4.78, 5) is 11.6. The predicted molar refractivity (Wildman–Crippen MR) is 71.5 cm³/mol. The third-order valence-corrected chi connectivity index (χ3v) is 2.66. The van der Waals surface area contributed by atoms with Gasteiger partial charge in [-0.05, 0) is 24.6 Å². The van der Waals surface area contributed by atoms with Crippen LogP contribution in [0.1, 0.15) is 13.3 Å². The molecule has 0 aliphatic rings. The number of hydrogen-bond donors (Lipinski definition) is 2. The van der Waals surface area contributed by atoms with Gasteiger partial charge in [-0.3, -0.25) is 0 Å². The smallest absolute Gasteiger partial charge is 0.320 e. The molecule has 0 radical (unpaired) electrons. The van der Waals surface area contributed by atoms with E-state index in [0.29, 0.717) is 22.2 Å². The van der Waals surface area contributed by atoms with Crippen molar-refractivity contribution in [3.05, 3.63) is 28.2 Å². The number of halogens is 2. The number of carbonyl (C=O) groups excluding carboxylic acids is 1. The summed E-state index contributed by atoms with van der Waals surface area (Å²) in [6.07, 6.45) is 5.90. The molecule has 1 rings (SSSR count). The molecule has 0 bridgehead atoms. The fraction of sp³-hybridized carbons (Fsp3) is 0.250. The average molecular weight is 271 g/mol. The first kappa shape index (κ1) is 13.7. The Bertz CT molecular complexity index is 454. The molecule has 1 aromatic carbocycles. The van der Waals surface area contributed by atoms with Crippen LogP contribution in [0.25, 0.3) is 0 Å². The van der Waals surface area contributed by atoms with Gasteiger partial charge in [-0.15, -0.1) is 6.42 Å². The van der Waals surface area contributed by atoms with Crippen LogP contribution in [0.2, 0.25) is 10.0 Å². The Kier molecular flexibility index (Phi) is 5.14. The number of hydrogen-bond acceptors (Lipinski definition) is 1. The van der Waals surface area contributed by atoms with E-state index in [1.165, 1.54) is 0 Å². The second-order valence-corrected chi connectivity index (χ2v) is 4.19. The van der Waals surface area contributed by atoms with Gasteiger partial charge in [0.05, 0.1) is 16.8 Å². The van der Waals surface area contributed by atoms with E-state index >= 15 is 0 Å². The number of terminal acetylenes is 1. The summed E-state index contributed by atoms with van der Waals surface area (Å²) >= 11 is 11.7. The van der Waals surface area contributed by atoms with Gasteiger partial charge >= 0.3 is 6.03 Å². The van der Waals surface area contributed by atoms with Crippen LogP contribution < -0.4 is 10.6 Å². The van der Waals surface area contributed by atoms with E-state index < -0.39 is 6.03 Å². The number of anilines is 1. The summed E-state index contributed by atoms with van der Waals surface area (Å²) in [5, 5.41) is 6.12. The van der Waals surface area contributed by atoms with Crippen molar-refractivity contribution >= 4 is 34.9 Å². The molecule has 17 heavy (non-hydrogen) atoms. The molecule has 1 atom stereocenters.